The number of aromatic nitrogens is 1. The number of halogens is 2. The van der Waals surface area contributed by atoms with Crippen molar-refractivity contribution in [1.29, 1.82) is 0 Å². The molecule has 0 unspecified atom stereocenters. The van der Waals surface area contributed by atoms with E-state index in [1.165, 1.54) is 11.0 Å². The molecule has 2 aromatic rings. The Kier molecular flexibility index (Phi) is 6.16. The smallest absolute Gasteiger partial charge is 0.305 e. The van der Waals surface area contributed by atoms with Crippen molar-refractivity contribution in [2.45, 2.75) is 26.3 Å². The fourth-order valence-corrected chi connectivity index (χ4v) is 2.27. The van der Waals surface area contributed by atoms with E-state index in [0.717, 1.165) is 17.8 Å². The number of amides is 1. The number of hydrogen-bond donors (Lipinski definition) is 1. The first-order chi connectivity index (χ1) is 11.8. The number of rotatable bonds is 7. The summed E-state index contributed by atoms with van der Waals surface area (Å²) in [5.74, 6) is -3.33. The SMILES string of the molecule is Cc1ccc(CC(=O)N(CCC(=O)O)Cc2ccc(F)c(F)c2)cn1. The summed E-state index contributed by atoms with van der Waals surface area (Å²) in [5, 5.41) is 8.85. The molecule has 132 valence electrons. The summed E-state index contributed by atoms with van der Waals surface area (Å²) >= 11 is 0. The third-order valence-electron chi connectivity index (χ3n) is 3.63. The lowest BCUT2D eigenvalue weighted by atomic mass is 10.1. The molecule has 1 aromatic heterocycles. The van der Waals surface area contributed by atoms with Gasteiger partial charge in [-0.05, 0) is 36.2 Å². The zero-order chi connectivity index (χ0) is 18.4. The summed E-state index contributed by atoms with van der Waals surface area (Å²) < 4.78 is 26.4. The predicted octanol–water partition coefficient (Wildman–Crippen LogP) is 2.71. The maximum absolute atomic E-state index is 13.3. The van der Waals surface area contributed by atoms with E-state index < -0.39 is 17.6 Å². The van der Waals surface area contributed by atoms with Gasteiger partial charge in [-0.2, -0.15) is 0 Å². The standard InChI is InChI=1S/C18H18F2N2O3/c1-12-2-3-13(10-21-12)9-17(23)22(7-6-18(24)25)11-14-4-5-15(19)16(20)8-14/h2-5,8,10H,6-7,9,11H2,1H3,(H,24,25). The van der Waals surface area contributed by atoms with Crippen molar-refractivity contribution < 1.29 is 23.5 Å². The molecule has 1 heterocycles. The minimum absolute atomic E-state index is 0.00258. The number of carbonyl (C=O) groups excluding carboxylic acids is 1. The van der Waals surface area contributed by atoms with Gasteiger partial charge in [0.1, 0.15) is 0 Å². The lowest BCUT2D eigenvalue weighted by molar-refractivity contribution is -0.138. The highest BCUT2D eigenvalue weighted by Crippen LogP contribution is 2.13. The van der Waals surface area contributed by atoms with E-state index in [2.05, 4.69) is 4.98 Å². The van der Waals surface area contributed by atoms with Gasteiger partial charge < -0.3 is 10.0 Å². The van der Waals surface area contributed by atoms with Crippen LogP contribution in [0.5, 0.6) is 0 Å². The molecule has 2 rings (SSSR count). The topological polar surface area (TPSA) is 70.5 Å². The van der Waals surface area contributed by atoms with Crippen LogP contribution in [-0.2, 0) is 22.6 Å². The monoisotopic (exact) mass is 348 g/mol. The summed E-state index contributed by atoms with van der Waals surface area (Å²) in [6.07, 6.45) is 1.40. The van der Waals surface area contributed by atoms with E-state index >= 15 is 0 Å². The molecular weight excluding hydrogens is 330 g/mol. The molecule has 0 radical (unpaired) electrons. The van der Waals surface area contributed by atoms with E-state index in [4.69, 9.17) is 5.11 Å². The molecule has 0 aliphatic carbocycles. The van der Waals surface area contributed by atoms with E-state index in [1.807, 2.05) is 6.92 Å². The van der Waals surface area contributed by atoms with Gasteiger partial charge in [0, 0.05) is 25.0 Å². The number of aliphatic carboxylic acids is 1. The molecule has 5 nitrogen and oxygen atoms in total. The van der Waals surface area contributed by atoms with Crippen molar-refractivity contribution in [1.82, 2.24) is 9.88 Å². The second-order valence-electron chi connectivity index (χ2n) is 5.69. The van der Waals surface area contributed by atoms with E-state index in [0.29, 0.717) is 11.1 Å². The average Bonchev–Trinajstić information content (AvgIpc) is 2.56. The molecule has 0 aliphatic heterocycles. The van der Waals surface area contributed by atoms with Crippen molar-refractivity contribution in [3.05, 3.63) is 65.0 Å². The van der Waals surface area contributed by atoms with Crippen LogP contribution in [0.1, 0.15) is 23.2 Å². The largest absolute Gasteiger partial charge is 0.481 e. The van der Waals surface area contributed by atoms with E-state index in [9.17, 15) is 18.4 Å². The van der Waals surface area contributed by atoms with Gasteiger partial charge in [-0.15, -0.1) is 0 Å². The van der Waals surface area contributed by atoms with Gasteiger partial charge in [-0.25, -0.2) is 8.78 Å². The van der Waals surface area contributed by atoms with Crippen molar-refractivity contribution in [3.63, 3.8) is 0 Å². The van der Waals surface area contributed by atoms with Gasteiger partial charge >= 0.3 is 5.97 Å². The van der Waals surface area contributed by atoms with Crippen LogP contribution < -0.4 is 0 Å². The van der Waals surface area contributed by atoms with Crippen molar-refractivity contribution >= 4 is 11.9 Å². The second kappa shape index (κ2) is 8.32. The van der Waals surface area contributed by atoms with Crippen LogP contribution >= 0.6 is 0 Å². The highest BCUT2D eigenvalue weighted by atomic mass is 19.2. The van der Waals surface area contributed by atoms with Gasteiger partial charge in [-0.1, -0.05) is 12.1 Å². The normalized spacial score (nSPS) is 10.5. The first-order valence-corrected chi connectivity index (χ1v) is 7.70. The average molecular weight is 348 g/mol. The molecule has 0 atom stereocenters. The fourth-order valence-electron chi connectivity index (χ4n) is 2.27. The van der Waals surface area contributed by atoms with Crippen molar-refractivity contribution in [2.75, 3.05) is 6.54 Å². The zero-order valence-corrected chi connectivity index (χ0v) is 13.7. The van der Waals surface area contributed by atoms with Crippen LogP contribution in [0, 0.1) is 18.6 Å². The Hall–Kier alpha value is -2.83. The number of carboxylic acid groups (broad SMARTS) is 1. The van der Waals surface area contributed by atoms with E-state index in [1.54, 1.807) is 18.3 Å². The number of nitrogens with zero attached hydrogens (tertiary/aromatic N) is 2. The Balaban J connectivity index is 2.12. The van der Waals surface area contributed by atoms with E-state index in [-0.39, 0.29) is 31.8 Å². The molecule has 0 saturated carbocycles. The Morgan fingerprint density at radius 2 is 1.84 bits per heavy atom. The first kappa shape index (κ1) is 18.5. The molecule has 25 heavy (non-hydrogen) atoms. The molecule has 1 N–H and O–H groups in total. The first-order valence-electron chi connectivity index (χ1n) is 7.70. The zero-order valence-electron chi connectivity index (χ0n) is 13.7. The van der Waals surface area contributed by atoms with Crippen LogP contribution in [0.2, 0.25) is 0 Å². The summed E-state index contributed by atoms with van der Waals surface area (Å²) in [4.78, 5) is 28.8. The lowest BCUT2D eigenvalue weighted by Gasteiger charge is -2.22. The van der Waals surface area contributed by atoms with Gasteiger partial charge in [0.15, 0.2) is 11.6 Å². The molecule has 1 aromatic carbocycles. The number of carbonyl (C=O) groups is 2. The Labute approximate surface area is 143 Å². The molecule has 0 bridgehead atoms. The van der Waals surface area contributed by atoms with Crippen LogP contribution in [0.25, 0.3) is 0 Å². The van der Waals surface area contributed by atoms with Crippen molar-refractivity contribution in [3.8, 4) is 0 Å². The predicted molar refractivity (Wildman–Crippen MR) is 86.7 cm³/mol. The molecule has 0 fully saturated rings. The maximum Gasteiger partial charge on any atom is 0.305 e. The molecule has 0 saturated heterocycles. The molecular formula is C18H18F2N2O3. The van der Waals surface area contributed by atoms with Crippen LogP contribution in [0.15, 0.2) is 36.5 Å². The van der Waals surface area contributed by atoms with Crippen LogP contribution in [0.3, 0.4) is 0 Å². The molecule has 7 heteroatoms. The van der Waals surface area contributed by atoms with Gasteiger partial charge in [-0.3, -0.25) is 14.6 Å². The minimum Gasteiger partial charge on any atom is -0.481 e. The van der Waals surface area contributed by atoms with Gasteiger partial charge in [0.05, 0.1) is 12.8 Å². The lowest BCUT2D eigenvalue weighted by Crippen LogP contribution is -2.33. The molecule has 0 aliphatic rings. The Morgan fingerprint density at radius 1 is 1.12 bits per heavy atom. The molecule has 1 amide bonds. The number of benzene rings is 1. The third-order valence-corrected chi connectivity index (χ3v) is 3.63. The summed E-state index contributed by atoms with van der Waals surface area (Å²) in [5.41, 5.74) is 1.90. The fraction of sp³-hybridized carbons (Fsp3) is 0.278. The van der Waals surface area contributed by atoms with Gasteiger partial charge in [0.2, 0.25) is 5.91 Å². The van der Waals surface area contributed by atoms with Crippen molar-refractivity contribution in [2.24, 2.45) is 0 Å². The number of pyridine rings is 1. The highest BCUT2D eigenvalue weighted by molar-refractivity contribution is 5.79. The number of carboxylic acids is 1. The minimum atomic E-state index is -1.04. The van der Waals surface area contributed by atoms with Crippen LogP contribution in [-0.4, -0.2) is 33.4 Å². The highest BCUT2D eigenvalue weighted by Gasteiger charge is 2.17. The quantitative estimate of drug-likeness (QED) is 0.835. The molecule has 0 spiro atoms. The number of aryl methyl sites for hydroxylation is 1. The summed E-state index contributed by atoms with van der Waals surface area (Å²) in [6, 6.07) is 6.90. The maximum atomic E-state index is 13.3. The summed E-state index contributed by atoms with van der Waals surface area (Å²) in [6.45, 7) is 1.81. The number of hydrogen-bond acceptors (Lipinski definition) is 3. The Morgan fingerprint density at radius 3 is 2.44 bits per heavy atom. The van der Waals surface area contributed by atoms with Gasteiger partial charge in [0.25, 0.3) is 0 Å². The summed E-state index contributed by atoms with van der Waals surface area (Å²) in [7, 11) is 0. The van der Waals surface area contributed by atoms with Crippen LogP contribution in [0.4, 0.5) is 8.78 Å². The second-order valence-corrected chi connectivity index (χ2v) is 5.69. The third kappa shape index (κ3) is 5.63. The Bertz CT molecular complexity index is 763.